The van der Waals surface area contributed by atoms with Crippen LogP contribution in [0.25, 0.3) is 0 Å². The normalized spacial score (nSPS) is 31.5. The molecule has 0 spiro atoms. The Kier molecular flexibility index (Phi) is 1.53. The fourth-order valence-electron chi connectivity index (χ4n) is 1.08. The van der Waals surface area contributed by atoms with Crippen molar-refractivity contribution in [2.24, 2.45) is 9.98 Å². The number of hydrogen-bond donors (Lipinski definition) is 1. The van der Waals surface area contributed by atoms with Gasteiger partial charge in [0.1, 0.15) is 6.34 Å². The van der Waals surface area contributed by atoms with Crippen LogP contribution in [0.4, 0.5) is 4.79 Å². The first-order chi connectivity index (χ1) is 6.05. The van der Waals surface area contributed by atoms with E-state index in [9.17, 15) is 9.59 Å². The molecule has 7 heteroatoms. The third-order valence-electron chi connectivity index (χ3n) is 1.85. The Balaban J connectivity index is 2.46. The van der Waals surface area contributed by atoms with Crippen molar-refractivity contribution in [2.45, 2.75) is 4.45 Å². The lowest BCUT2D eigenvalue weighted by molar-refractivity contribution is -0.128. The third-order valence-corrected chi connectivity index (χ3v) is 2.77. The molecule has 2 heterocycles. The lowest BCUT2D eigenvalue weighted by atomic mass is 10.2. The van der Waals surface area contributed by atoms with Crippen LogP contribution < -0.4 is 5.32 Å². The van der Waals surface area contributed by atoms with E-state index < -0.39 is 16.4 Å². The molecule has 6 nitrogen and oxygen atoms in total. The summed E-state index contributed by atoms with van der Waals surface area (Å²) in [5, 5.41) is 2.44. The summed E-state index contributed by atoms with van der Waals surface area (Å²) in [5.41, 5.74) is 0. The number of carbonyl (C=O) groups is 2. The van der Waals surface area contributed by atoms with Crippen LogP contribution in [0.3, 0.4) is 0 Å². The molecule has 13 heavy (non-hydrogen) atoms. The summed E-state index contributed by atoms with van der Waals surface area (Å²) < 4.78 is -1.21. The van der Waals surface area contributed by atoms with E-state index in [-0.39, 0.29) is 5.84 Å². The molecular formula is C6H5BrN4O2. The minimum Gasteiger partial charge on any atom is -0.292 e. The predicted molar refractivity (Wildman–Crippen MR) is 48.9 cm³/mol. The number of fused-ring (bicyclic) bond motifs is 1. The van der Waals surface area contributed by atoms with Gasteiger partial charge in [-0.1, -0.05) is 0 Å². The quantitative estimate of drug-likeness (QED) is 0.470. The molecule has 68 valence electrons. The molecule has 0 bridgehead atoms. The lowest BCUT2D eigenvalue weighted by Crippen LogP contribution is -2.62. The van der Waals surface area contributed by atoms with E-state index in [2.05, 4.69) is 31.2 Å². The number of likely N-dealkylation sites (N-methyl/N-ethyl adjacent to an activating group) is 1. The zero-order valence-corrected chi connectivity index (χ0v) is 8.20. The number of alkyl halides is 1. The van der Waals surface area contributed by atoms with E-state index in [0.29, 0.717) is 0 Å². The van der Waals surface area contributed by atoms with Crippen LogP contribution in [0.1, 0.15) is 0 Å². The summed E-state index contributed by atoms with van der Waals surface area (Å²) >= 11 is 3.12. The topological polar surface area (TPSA) is 74.1 Å². The number of aliphatic imine (C=N–C) groups is 2. The molecule has 0 radical (unpaired) electrons. The average molecular weight is 245 g/mol. The van der Waals surface area contributed by atoms with Gasteiger partial charge in [0.25, 0.3) is 10.4 Å². The number of imide groups is 1. The summed E-state index contributed by atoms with van der Waals surface area (Å²) in [5.74, 6) is -0.218. The van der Waals surface area contributed by atoms with Crippen LogP contribution in [-0.2, 0) is 4.79 Å². The van der Waals surface area contributed by atoms with Crippen molar-refractivity contribution in [1.82, 2.24) is 10.2 Å². The average Bonchev–Trinajstić information content (AvgIpc) is 2.45. The van der Waals surface area contributed by atoms with Crippen LogP contribution in [0.5, 0.6) is 0 Å². The second kappa shape index (κ2) is 2.38. The van der Waals surface area contributed by atoms with E-state index in [1.807, 2.05) is 0 Å². The van der Waals surface area contributed by atoms with Crippen LogP contribution in [-0.4, -0.2) is 40.5 Å². The van der Waals surface area contributed by atoms with Gasteiger partial charge in [-0.2, -0.15) is 0 Å². The summed E-state index contributed by atoms with van der Waals surface area (Å²) in [7, 11) is 1.38. The lowest BCUT2D eigenvalue weighted by Gasteiger charge is -2.30. The molecule has 1 N–H and O–H groups in total. The van der Waals surface area contributed by atoms with Gasteiger partial charge in [-0.15, -0.1) is 0 Å². The molecular weight excluding hydrogens is 240 g/mol. The minimum atomic E-state index is -1.21. The summed E-state index contributed by atoms with van der Waals surface area (Å²) in [6.45, 7) is 0. The molecule has 0 aromatic rings. The number of halogens is 1. The van der Waals surface area contributed by atoms with Crippen LogP contribution in [0, 0.1) is 0 Å². The van der Waals surface area contributed by atoms with E-state index in [0.717, 1.165) is 4.90 Å². The zero-order valence-electron chi connectivity index (χ0n) is 6.61. The van der Waals surface area contributed by atoms with Crippen molar-refractivity contribution in [3.63, 3.8) is 0 Å². The Bertz CT molecular complexity index is 364. The minimum absolute atomic E-state index is 0.223. The maximum Gasteiger partial charge on any atom is 0.329 e. The molecule has 1 saturated heterocycles. The highest BCUT2D eigenvalue weighted by Crippen LogP contribution is 2.29. The second-order valence-corrected chi connectivity index (χ2v) is 3.79. The summed E-state index contributed by atoms with van der Waals surface area (Å²) in [6.07, 6.45) is 1.24. The van der Waals surface area contributed by atoms with Gasteiger partial charge in [0.2, 0.25) is 0 Å². The smallest absolute Gasteiger partial charge is 0.292 e. The SMILES string of the molecule is CN1C(=O)NC2=NC=NC2(Br)C1=O. The first kappa shape index (κ1) is 8.36. The number of hydrogen-bond acceptors (Lipinski definition) is 4. The van der Waals surface area contributed by atoms with E-state index >= 15 is 0 Å². The van der Waals surface area contributed by atoms with Gasteiger partial charge in [-0.3, -0.25) is 15.0 Å². The fraction of sp³-hybridized carbons (Fsp3) is 0.333. The first-order valence-electron chi connectivity index (χ1n) is 3.46. The van der Waals surface area contributed by atoms with E-state index in [1.165, 1.54) is 13.4 Å². The largest absolute Gasteiger partial charge is 0.329 e. The van der Waals surface area contributed by atoms with Crippen LogP contribution in [0.15, 0.2) is 9.98 Å². The number of carbonyl (C=O) groups excluding carboxylic acids is 2. The zero-order chi connectivity index (χ0) is 9.64. The molecule has 2 rings (SSSR count). The molecule has 0 aromatic heterocycles. The second-order valence-electron chi connectivity index (χ2n) is 2.64. The monoisotopic (exact) mass is 244 g/mol. The van der Waals surface area contributed by atoms with Gasteiger partial charge in [-0.25, -0.2) is 14.8 Å². The van der Waals surface area contributed by atoms with Crippen molar-refractivity contribution >= 4 is 40.0 Å². The molecule has 1 fully saturated rings. The van der Waals surface area contributed by atoms with Crippen LogP contribution >= 0.6 is 15.9 Å². The molecule has 0 aliphatic carbocycles. The van der Waals surface area contributed by atoms with Gasteiger partial charge < -0.3 is 0 Å². The molecule has 1 atom stereocenters. The molecule has 2 aliphatic heterocycles. The molecule has 0 aromatic carbocycles. The Morgan fingerprint density at radius 3 is 3.00 bits per heavy atom. The molecule has 3 amide bonds. The first-order valence-corrected chi connectivity index (χ1v) is 4.25. The Hall–Kier alpha value is -1.24. The summed E-state index contributed by atoms with van der Waals surface area (Å²) in [6, 6.07) is -0.496. The number of amidine groups is 1. The summed E-state index contributed by atoms with van der Waals surface area (Å²) in [4.78, 5) is 31.2. The van der Waals surface area contributed by atoms with Crippen LogP contribution in [0.2, 0.25) is 0 Å². The molecule has 2 aliphatic rings. The van der Waals surface area contributed by atoms with Gasteiger partial charge in [-0.05, 0) is 15.9 Å². The Labute approximate surface area is 81.8 Å². The standard InChI is InChI=1S/C6H5BrN4O2/c1-11-4(12)6(7)3(8-2-9-6)10-5(11)13/h2H,1H3,(H,8,9,10,13). The maximum atomic E-state index is 11.6. The number of nitrogens with one attached hydrogen (secondary N) is 1. The van der Waals surface area contributed by atoms with E-state index in [4.69, 9.17) is 0 Å². The van der Waals surface area contributed by atoms with Crippen molar-refractivity contribution in [3.05, 3.63) is 0 Å². The van der Waals surface area contributed by atoms with Crippen molar-refractivity contribution in [3.8, 4) is 0 Å². The molecule has 0 saturated carbocycles. The fourth-order valence-corrected chi connectivity index (χ4v) is 1.64. The van der Waals surface area contributed by atoms with Gasteiger partial charge in [0, 0.05) is 7.05 Å². The van der Waals surface area contributed by atoms with Crippen molar-refractivity contribution in [2.75, 3.05) is 7.05 Å². The predicted octanol–water partition coefficient (Wildman–Crippen LogP) is -0.300. The Morgan fingerprint density at radius 2 is 2.31 bits per heavy atom. The highest BCUT2D eigenvalue weighted by atomic mass is 79.9. The van der Waals surface area contributed by atoms with Gasteiger partial charge in [0.05, 0.1) is 0 Å². The number of urea groups is 1. The Morgan fingerprint density at radius 1 is 1.62 bits per heavy atom. The molecule has 1 unspecified atom stereocenters. The van der Waals surface area contributed by atoms with Gasteiger partial charge >= 0.3 is 6.03 Å². The van der Waals surface area contributed by atoms with Gasteiger partial charge in [0.15, 0.2) is 5.84 Å². The van der Waals surface area contributed by atoms with E-state index in [1.54, 1.807) is 0 Å². The highest BCUT2D eigenvalue weighted by molar-refractivity contribution is 9.10. The number of amides is 3. The number of rotatable bonds is 0. The maximum absolute atomic E-state index is 11.6. The van der Waals surface area contributed by atoms with Crippen molar-refractivity contribution in [1.29, 1.82) is 0 Å². The third kappa shape index (κ3) is 0.932. The highest BCUT2D eigenvalue weighted by Gasteiger charge is 2.50. The number of nitrogens with zero attached hydrogens (tertiary/aromatic N) is 3. The van der Waals surface area contributed by atoms with Crippen molar-refractivity contribution < 1.29 is 9.59 Å².